The molecule has 1 amide bonds. The van der Waals surface area contributed by atoms with E-state index in [4.69, 9.17) is 0 Å². The molecule has 1 aromatic carbocycles. The van der Waals surface area contributed by atoms with Gasteiger partial charge in [-0.05, 0) is 99.8 Å². The zero-order valence-electron chi connectivity index (χ0n) is 14.9. The van der Waals surface area contributed by atoms with Gasteiger partial charge in [0.15, 0.2) is 0 Å². The van der Waals surface area contributed by atoms with E-state index in [-0.39, 0.29) is 5.91 Å². The summed E-state index contributed by atoms with van der Waals surface area (Å²) in [6.45, 7) is 3.95. The Hall–Kier alpha value is -0.520. The molecule has 4 bridgehead atoms. The van der Waals surface area contributed by atoms with Crippen LogP contribution in [0.5, 0.6) is 0 Å². The van der Waals surface area contributed by atoms with Crippen LogP contribution in [0.2, 0.25) is 0 Å². The molecule has 0 heterocycles. The highest BCUT2D eigenvalue weighted by Gasteiger charge is 2.49. The van der Waals surface area contributed by atoms with Gasteiger partial charge in [-0.3, -0.25) is 4.79 Å². The van der Waals surface area contributed by atoms with Gasteiger partial charge in [0.1, 0.15) is 5.54 Å². The summed E-state index contributed by atoms with van der Waals surface area (Å²) in [7, 11) is 0. The van der Waals surface area contributed by atoms with Crippen molar-refractivity contribution in [2.24, 2.45) is 23.7 Å². The van der Waals surface area contributed by atoms with Crippen LogP contribution in [0.3, 0.4) is 0 Å². The molecule has 0 aromatic heterocycles. The number of amides is 1. The Bertz CT molecular complexity index is 635. The average molecular weight is 423 g/mol. The van der Waals surface area contributed by atoms with Crippen molar-refractivity contribution in [1.82, 2.24) is 10.0 Å². The van der Waals surface area contributed by atoms with Gasteiger partial charge in [-0.25, -0.2) is 4.72 Å². The van der Waals surface area contributed by atoms with Crippen LogP contribution < -0.4 is 10.0 Å². The fourth-order valence-corrected chi connectivity index (χ4v) is 6.60. The van der Waals surface area contributed by atoms with Crippen LogP contribution >= 0.6 is 27.9 Å². The molecule has 0 spiro atoms. The largest absolute Gasteiger partial charge is 0.351 e. The van der Waals surface area contributed by atoms with Crippen LogP contribution in [0.25, 0.3) is 0 Å². The highest BCUT2D eigenvalue weighted by Crippen LogP contribution is 2.53. The monoisotopic (exact) mass is 422 g/mol. The van der Waals surface area contributed by atoms with Crippen molar-refractivity contribution in [1.29, 1.82) is 0 Å². The van der Waals surface area contributed by atoms with Crippen LogP contribution in [0.4, 0.5) is 0 Å². The van der Waals surface area contributed by atoms with Crippen molar-refractivity contribution in [3.05, 3.63) is 28.7 Å². The van der Waals surface area contributed by atoms with E-state index >= 15 is 0 Å². The highest BCUT2D eigenvalue weighted by atomic mass is 79.9. The molecule has 1 aromatic rings. The van der Waals surface area contributed by atoms with Gasteiger partial charge < -0.3 is 5.32 Å². The minimum Gasteiger partial charge on any atom is -0.351 e. The first-order valence-electron chi connectivity index (χ1n) is 9.41. The fraction of sp³-hybridized carbons (Fsp3) is 0.650. The maximum Gasteiger partial charge on any atom is 0.240 e. The third kappa shape index (κ3) is 3.79. The Morgan fingerprint density at radius 3 is 2.36 bits per heavy atom. The fourth-order valence-electron chi connectivity index (χ4n) is 5.26. The molecule has 4 aliphatic rings. The van der Waals surface area contributed by atoms with E-state index in [0.717, 1.165) is 21.2 Å². The highest BCUT2D eigenvalue weighted by molar-refractivity contribution is 9.10. The van der Waals surface area contributed by atoms with E-state index in [1.807, 2.05) is 32.0 Å². The van der Waals surface area contributed by atoms with E-state index < -0.39 is 5.54 Å². The summed E-state index contributed by atoms with van der Waals surface area (Å²) in [6.07, 6.45) is 6.78. The number of carbonyl (C=O) groups is 1. The van der Waals surface area contributed by atoms with E-state index in [9.17, 15) is 4.79 Å². The second-order valence-corrected chi connectivity index (χ2v) is 10.5. The molecule has 0 aliphatic heterocycles. The first-order valence-corrected chi connectivity index (χ1v) is 11.0. The number of nitrogens with one attached hydrogen (secondary N) is 2. The molecule has 0 atom stereocenters. The smallest absolute Gasteiger partial charge is 0.240 e. The molecule has 0 saturated heterocycles. The van der Waals surface area contributed by atoms with Gasteiger partial charge in [-0.2, -0.15) is 0 Å². The SMILES string of the molecule is CC(C)(NSc1cccc(Br)c1)C(=O)NC1C2CC3CC(C2)CC1C3. The molecular formula is C20H27BrN2OS. The average Bonchev–Trinajstić information content (AvgIpc) is 2.55. The Kier molecular flexibility index (Phi) is 4.93. The molecule has 5 rings (SSSR count). The molecule has 4 aliphatic carbocycles. The summed E-state index contributed by atoms with van der Waals surface area (Å²) in [5, 5.41) is 3.43. The van der Waals surface area contributed by atoms with Gasteiger partial charge in [0.05, 0.1) is 0 Å². The maximum absolute atomic E-state index is 12.9. The van der Waals surface area contributed by atoms with Crippen molar-refractivity contribution in [2.75, 3.05) is 0 Å². The lowest BCUT2D eigenvalue weighted by molar-refractivity contribution is -0.129. The third-order valence-electron chi connectivity index (χ3n) is 6.31. The van der Waals surface area contributed by atoms with Gasteiger partial charge in [-0.15, -0.1) is 0 Å². The Morgan fingerprint density at radius 1 is 1.12 bits per heavy atom. The molecular weight excluding hydrogens is 396 g/mol. The molecule has 2 N–H and O–H groups in total. The van der Waals surface area contributed by atoms with Gasteiger partial charge >= 0.3 is 0 Å². The normalized spacial score (nSPS) is 33.5. The van der Waals surface area contributed by atoms with E-state index in [1.54, 1.807) is 0 Å². The van der Waals surface area contributed by atoms with Gasteiger partial charge in [0.25, 0.3) is 0 Å². The number of halogens is 1. The van der Waals surface area contributed by atoms with E-state index in [1.165, 1.54) is 44.1 Å². The van der Waals surface area contributed by atoms with Crippen LogP contribution in [0.1, 0.15) is 46.0 Å². The number of benzene rings is 1. The van der Waals surface area contributed by atoms with Crippen molar-refractivity contribution in [3.63, 3.8) is 0 Å². The lowest BCUT2D eigenvalue weighted by Crippen LogP contribution is -2.60. The minimum absolute atomic E-state index is 0.132. The zero-order chi connectivity index (χ0) is 17.6. The van der Waals surface area contributed by atoms with Gasteiger partial charge in [0, 0.05) is 15.4 Å². The zero-order valence-corrected chi connectivity index (χ0v) is 17.3. The number of rotatable bonds is 5. The molecule has 0 radical (unpaired) electrons. The van der Waals surface area contributed by atoms with E-state index in [0.29, 0.717) is 17.9 Å². The molecule has 5 heteroatoms. The second-order valence-electron chi connectivity index (χ2n) is 8.72. The summed E-state index contributed by atoms with van der Waals surface area (Å²) in [5.74, 6) is 3.44. The quantitative estimate of drug-likeness (QED) is 0.671. The van der Waals surface area contributed by atoms with Crippen LogP contribution in [-0.4, -0.2) is 17.5 Å². The molecule has 3 nitrogen and oxygen atoms in total. The van der Waals surface area contributed by atoms with Crippen molar-refractivity contribution in [2.45, 2.75) is 62.4 Å². The first kappa shape index (κ1) is 17.9. The van der Waals surface area contributed by atoms with Crippen molar-refractivity contribution < 1.29 is 4.79 Å². The predicted octanol–water partition coefficient (Wildman–Crippen LogP) is 4.77. The maximum atomic E-state index is 12.9. The topological polar surface area (TPSA) is 41.1 Å². The van der Waals surface area contributed by atoms with Crippen LogP contribution in [0, 0.1) is 23.7 Å². The minimum atomic E-state index is -0.596. The van der Waals surface area contributed by atoms with Crippen molar-refractivity contribution in [3.8, 4) is 0 Å². The van der Waals surface area contributed by atoms with Gasteiger partial charge in [0.2, 0.25) is 5.91 Å². The summed E-state index contributed by atoms with van der Waals surface area (Å²) in [4.78, 5) is 14.1. The molecule has 4 saturated carbocycles. The summed E-state index contributed by atoms with van der Waals surface area (Å²) >= 11 is 5.01. The lowest BCUT2D eigenvalue weighted by atomic mass is 9.54. The summed E-state index contributed by atoms with van der Waals surface area (Å²) in [6, 6.07) is 8.53. The van der Waals surface area contributed by atoms with E-state index in [2.05, 4.69) is 32.0 Å². The predicted molar refractivity (Wildman–Crippen MR) is 106 cm³/mol. The Balaban J connectivity index is 1.36. The van der Waals surface area contributed by atoms with Crippen LogP contribution in [0.15, 0.2) is 33.6 Å². The Labute approximate surface area is 163 Å². The Morgan fingerprint density at radius 2 is 1.76 bits per heavy atom. The van der Waals surface area contributed by atoms with Gasteiger partial charge in [-0.1, -0.05) is 22.0 Å². The molecule has 136 valence electrons. The third-order valence-corrected chi connectivity index (χ3v) is 7.91. The number of hydrogen-bond acceptors (Lipinski definition) is 3. The molecule has 0 unspecified atom stereocenters. The summed E-state index contributed by atoms with van der Waals surface area (Å²) in [5.41, 5.74) is -0.596. The first-order chi connectivity index (χ1) is 11.9. The summed E-state index contributed by atoms with van der Waals surface area (Å²) < 4.78 is 4.41. The van der Waals surface area contributed by atoms with Crippen LogP contribution in [-0.2, 0) is 4.79 Å². The standard InChI is InChI=1S/C20H27BrN2OS/c1-20(2,23-25-17-5-3-4-16(21)11-17)19(24)22-18-14-7-12-6-13(9-14)10-15(18)8-12/h3-5,11-15,18,23H,6-10H2,1-2H3,(H,22,24). The van der Waals surface area contributed by atoms with Crippen molar-refractivity contribution >= 4 is 33.8 Å². The lowest BCUT2D eigenvalue weighted by Gasteiger charge is -2.54. The number of hydrogen-bond donors (Lipinski definition) is 2. The number of carbonyl (C=O) groups excluding carboxylic acids is 1. The second kappa shape index (κ2) is 6.90. The molecule has 4 fully saturated rings. The molecule has 25 heavy (non-hydrogen) atoms.